The molecule has 3 nitrogen and oxygen atoms in total. The van der Waals surface area contributed by atoms with Crippen molar-refractivity contribution in [2.45, 2.75) is 6.92 Å². The maximum absolute atomic E-state index is 4.65. The number of nitrogens with zero attached hydrogens (tertiary/aromatic N) is 1. The van der Waals surface area contributed by atoms with E-state index in [-0.39, 0.29) is 0 Å². The molecule has 0 amide bonds. The minimum atomic E-state index is 0.603. The molecule has 0 atom stereocenters. The molecule has 0 bridgehead atoms. The van der Waals surface area contributed by atoms with E-state index >= 15 is 0 Å². The predicted molar refractivity (Wildman–Crippen MR) is 22.2 cm³/mol. The summed E-state index contributed by atoms with van der Waals surface area (Å²) in [5, 5.41) is 0. The Labute approximate surface area is 36.0 Å². The second-order valence-electron chi connectivity index (χ2n) is 1.08. The maximum atomic E-state index is 4.65. The van der Waals surface area contributed by atoms with Gasteiger partial charge in [-0.05, 0) is 0 Å². The molecule has 0 spiro atoms. The van der Waals surface area contributed by atoms with Gasteiger partial charge in [0.25, 0.3) is 0 Å². The van der Waals surface area contributed by atoms with E-state index in [0.717, 1.165) is 5.90 Å². The molecule has 34 valence electrons. The zero-order chi connectivity index (χ0) is 4.41. The lowest BCUT2D eigenvalue weighted by Crippen LogP contribution is -2.06. The van der Waals surface area contributed by atoms with Crippen LogP contribution in [-0.4, -0.2) is 12.6 Å². The third-order valence-electron chi connectivity index (χ3n) is 0.586. The van der Waals surface area contributed by atoms with Gasteiger partial charge in [-0.25, -0.2) is 4.99 Å². The molecule has 1 aliphatic rings. The van der Waals surface area contributed by atoms with Gasteiger partial charge in [-0.3, -0.25) is 0 Å². The van der Waals surface area contributed by atoms with Crippen LogP contribution in [0.1, 0.15) is 6.92 Å². The van der Waals surface area contributed by atoms with Crippen molar-refractivity contribution < 1.29 is 4.84 Å². The Bertz CT molecular complexity index is 78.9. The Kier molecular flexibility index (Phi) is 0.759. The quantitative estimate of drug-likeness (QED) is 0.446. The highest BCUT2D eigenvalue weighted by Gasteiger charge is 1.95. The lowest BCUT2D eigenvalue weighted by Gasteiger charge is -1.86. The van der Waals surface area contributed by atoms with Crippen LogP contribution in [0.4, 0.5) is 0 Å². The van der Waals surface area contributed by atoms with Crippen molar-refractivity contribution in [3.8, 4) is 0 Å². The largest absolute Gasteiger partial charge is 0.392 e. The van der Waals surface area contributed by atoms with Gasteiger partial charge in [0, 0.05) is 6.92 Å². The minimum Gasteiger partial charge on any atom is -0.392 e. The second kappa shape index (κ2) is 1.26. The highest BCUT2D eigenvalue weighted by atomic mass is 16.7. The van der Waals surface area contributed by atoms with Gasteiger partial charge >= 0.3 is 0 Å². The lowest BCUT2D eigenvalue weighted by atomic mass is 10.8. The van der Waals surface area contributed by atoms with Crippen molar-refractivity contribution >= 4 is 5.90 Å². The summed E-state index contributed by atoms with van der Waals surface area (Å²) in [6, 6.07) is 0. The van der Waals surface area contributed by atoms with Crippen molar-refractivity contribution in [3.05, 3.63) is 0 Å². The molecule has 0 fully saturated rings. The van der Waals surface area contributed by atoms with Crippen LogP contribution in [0.25, 0.3) is 0 Å². The Balaban J connectivity index is 2.45. The molecule has 0 saturated heterocycles. The van der Waals surface area contributed by atoms with Crippen molar-refractivity contribution in [2.24, 2.45) is 4.99 Å². The molecule has 0 unspecified atom stereocenters. The van der Waals surface area contributed by atoms with Crippen LogP contribution in [0.5, 0.6) is 0 Å². The third-order valence-corrected chi connectivity index (χ3v) is 0.586. The molecule has 0 aromatic rings. The molecular formula is C3H6N2O. The Morgan fingerprint density at radius 3 is 3.00 bits per heavy atom. The summed E-state index contributed by atoms with van der Waals surface area (Å²) in [5.74, 6) is 0.718. The minimum absolute atomic E-state index is 0.603. The van der Waals surface area contributed by atoms with E-state index in [1.165, 1.54) is 0 Å². The molecule has 6 heavy (non-hydrogen) atoms. The topological polar surface area (TPSA) is 33.6 Å². The second-order valence-corrected chi connectivity index (χ2v) is 1.08. The van der Waals surface area contributed by atoms with Crippen LogP contribution in [0, 0.1) is 0 Å². The van der Waals surface area contributed by atoms with Crippen LogP contribution >= 0.6 is 0 Å². The summed E-state index contributed by atoms with van der Waals surface area (Å²) in [6.07, 6.45) is 0. The molecule has 1 rings (SSSR count). The number of hydrogen-bond acceptors (Lipinski definition) is 3. The fourth-order valence-corrected chi connectivity index (χ4v) is 0.313. The normalized spacial score (nSPS) is 19.8. The first-order chi connectivity index (χ1) is 2.89. The van der Waals surface area contributed by atoms with Crippen LogP contribution in [0.2, 0.25) is 0 Å². The molecule has 0 aliphatic carbocycles. The average Bonchev–Trinajstić information content (AvgIpc) is 1.86. The summed E-state index contributed by atoms with van der Waals surface area (Å²) >= 11 is 0. The Hall–Kier alpha value is -0.570. The van der Waals surface area contributed by atoms with Gasteiger partial charge in [0.2, 0.25) is 5.90 Å². The zero-order valence-electron chi connectivity index (χ0n) is 3.56. The third kappa shape index (κ3) is 0.490. The summed E-state index contributed by atoms with van der Waals surface area (Å²) in [6.45, 7) is 2.41. The molecular weight excluding hydrogens is 80.0 g/mol. The van der Waals surface area contributed by atoms with Crippen molar-refractivity contribution in [3.63, 3.8) is 0 Å². The van der Waals surface area contributed by atoms with E-state index in [1.54, 1.807) is 6.92 Å². The monoisotopic (exact) mass is 86.0 g/mol. The van der Waals surface area contributed by atoms with E-state index in [9.17, 15) is 0 Å². The molecule has 0 aromatic heterocycles. The first-order valence-electron chi connectivity index (χ1n) is 1.80. The number of rotatable bonds is 0. The Morgan fingerprint density at radius 2 is 2.83 bits per heavy atom. The highest BCUT2D eigenvalue weighted by molar-refractivity contribution is 5.73. The predicted octanol–water partition coefficient (Wildman–Crippen LogP) is -0.103. The van der Waals surface area contributed by atoms with E-state index in [4.69, 9.17) is 0 Å². The zero-order valence-corrected chi connectivity index (χ0v) is 3.56. The fourth-order valence-electron chi connectivity index (χ4n) is 0.313. The molecule has 0 aromatic carbocycles. The first kappa shape index (κ1) is 3.61. The van der Waals surface area contributed by atoms with Crippen LogP contribution < -0.4 is 5.48 Å². The molecule has 1 heterocycles. The summed E-state index contributed by atoms with van der Waals surface area (Å²) in [5.41, 5.74) is 2.57. The smallest absolute Gasteiger partial charge is 0.207 e. The molecule has 1 aliphatic heterocycles. The fraction of sp³-hybridized carbons (Fsp3) is 0.667. The van der Waals surface area contributed by atoms with Gasteiger partial charge < -0.3 is 4.84 Å². The average molecular weight is 86.1 g/mol. The SMILES string of the molecule is CC1=NCNO1. The molecule has 0 radical (unpaired) electrons. The van der Waals surface area contributed by atoms with E-state index < -0.39 is 0 Å². The highest BCUT2D eigenvalue weighted by Crippen LogP contribution is 1.82. The van der Waals surface area contributed by atoms with E-state index in [0.29, 0.717) is 6.67 Å². The van der Waals surface area contributed by atoms with E-state index in [1.807, 2.05) is 0 Å². The van der Waals surface area contributed by atoms with Gasteiger partial charge in [0.1, 0.15) is 6.67 Å². The van der Waals surface area contributed by atoms with Crippen LogP contribution in [-0.2, 0) is 4.84 Å². The molecule has 1 N–H and O–H groups in total. The number of hydrogen-bond donors (Lipinski definition) is 1. The van der Waals surface area contributed by atoms with Gasteiger partial charge in [0.15, 0.2) is 0 Å². The van der Waals surface area contributed by atoms with Gasteiger partial charge in [0.05, 0.1) is 0 Å². The van der Waals surface area contributed by atoms with Crippen LogP contribution in [0.15, 0.2) is 4.99 Å². The van der Waals surface area contributed by atoms with Crippen molar-refractivity contribution in [1.29, 1.82) is 0 Å². The van der Waals surface area contributed by atoms with Gasteiger partial charge in [-0.2, -0.15) is 0 Å². The van der Waals surface area contributed by atoms with Gasteiger partial charge in [-0.15, -0.1) is 5.48 Å². The summed E-state index contributed by atoms with van der Waals surface area (Å²) in [7, 11) is 0. The Morgan fingerprint density at radius 1 is 2.00 bits per heavy atom. The number of aliphatic imine (C=N–C) groups is 1. The molecule has 3 heteroatoms. The number of hydroxylamine groups is 1. The summed E-state index contributed by atoms with van der Waals surface area (Å²) < 4.78 is 0. The summed E-state index contributed by atoms with van der Waals surface area (Å²) in [4.78, 5) is 8.47. The van der Waals surface area contributed by atoms with Gasteiger partial charge in [-0.1, -0.05) is 0 Å². The standard InChI is InChI=1S/C3H6N2O/c1-3-4-2-5-6-3/h5H,2H2,1H3. The first-order valence-corrected chi connectivity index (χ1v) is 1.80. The lowest BCUT2D eigenvalue weighted by molar-refractivity contribution is 0.213. The van der Waals surface area contributed by atoms with Crippen molar-refractivity contribution in [2.75, 3.05) is 6.67 Å². The van der Waals surface area contributed by atoms with Crippen LogP contribution in [0.3, 0.4) is 0 Å². The van der Waals surface area contributed by atoms with Crippen molar-refractivity contribution in [1.82, 2.24) is 5.48 Å². The van der Waals surface area contributed by atoms with E-state index in [2.05, 4.69) is 15.3 Å². The number of nitrogens with one attached hydrogen (secondary N) is 1. The molecule has 0 saturated carbocycles. The maximum Gasteiger partial charge on any atom is 0.207 e.